The Bertz CT molecular complexity index is 686. The minimum atomic E-state index is 0.284. The fourth-order valence-electron chi connectivity index (χ4n) is 2.84. The van der Waals surface area contributed by atoms with E-state index in [4.69, 9.17) is 0 Å². The number of hydrogen-bond donors (Lipinski definition) is 2. The summed E-state index contributed by atoms with van der Waals surface area (Å²) in [7, 11) is 2.98. The van der Waals surface area contributed by atoms with Gasteiger partial charge < -0.3 is 10.2 Å². The van der Waals surface area contributed by atoms with E-state index < -0.39 is 0 Å². The summed E-state index contributed by atoms with van der Waals surface area (Å²) in [6.07, 6.45) is 10.2. The lowest BCUT2D eigenvalue weighted by Crippen LogP contribution is -1.87. The van der Waals surface area contributed by atoms with Crippen LogP contribution >= 0.6 is 21.6 Å². The van der Waals surface area contributed by atoms with Crippen LogP contribution in [0.4, 0.5) is 0 Å². The number of hydrogen-bond acceptors (Lipinski definition) is 4. The molecule has 2 N–H and O–H groups in total. The van der Waals surface area contributed by atoms with Crippen LogP contribution in [0, 0.1) is 6.92 Å². The van der Waals surface area contributed by atoms with E-state index in [1.807, 2.05) is 25.1 Å². The molecule has 0 bridgehead atoms. The molecular weight excluding hydrogens is 360 g/mol. The van der Waals surface area contributed by atoms with Gasteiger partial charge in [-0.2, -0.15) is 0 Å². The van der Waals surface area contributed by atoms with Crippen LogP contribution in [0.3, 0.4) is 0 Å². The summed E-state index contributed by atoms with van der Waals surface area (Å²) in [4.78, 5) is 1.68. The monoisotopic (exact) mass is 390 g/mol. The molecule has 0 radical (unpaired) electrons. The Balaban J connectivity index is 1.83. The number of phenols is 2. The maximum Gasteiger partial charge on any atom is 0.130 e. The van der Waals surface area contributed by atoms with Crippen molar-refractivity contribution in [2.45, 2.75) is 75.0 Å². The Kier molecular flexibility index (Phi) is 9.27. The minimum Gasteiger partial charge on any atom is -0.507 e. The summed E-state index contributed by atoms with van der Waals surface area (Å²) in [6.45, 7) is 4.26. The largest absolute Gasteiger partial charge is 0.507 e. The molecule has 0 saturated carbocycles. The molecule has 0 aromatic heterocycles. The van der Waals surface area contributed by atoms with Gasteiger partial charge in [-0.25, -0.2) is 0 Å². The average Bonchev–Trinajstić information content (AvgIpc) is 2.63. The average molecular weight is 391 g/mol. The maximum absolute atomic E-state index is 10.1. The lowest BCUT2D eigenvalue weighted by molar-refractivity contribution is 0.461. The number of phenolic OH excluding ortho intramolecular Hbond substituents is 2. The molecule has 0 aliphatic carbocycles. The van der Waals surface area contributed by atoms with Gasteiger partial charge in [0.25, 0.3) is 0 Å². The molecule has 2 nitrogen and oxygen atoms in total. The van der Waals surface area contributed by atoms with Crippen molar-refractivity contribution >= 4 is 21.6 Å². The van der Waals surface area contributed by atoms with Crippen LogP contribution in [0.5, 0.6) is 11.5 Å². The van der Waals surface area contributed by atoms with Crippen LogP contribution in [-0.2, 0) is 6.42 Å². The standard InChI is InChI=1S/C22H30O2S2/c1-3-4-5-6-7-8-9-10-18-12-14-20(24)22(16-18)26-25-21-15-17(2)11-13-19(21)23/h11-16,23-24H,3-10H2,1-2H3. The molecule has 0 aliphatic heterocycles. The van der Waals surface area contributed by atoms with Crippen molar-refractivity contribution in [3.63, 3.8) is 0 Å². The molecule has 26 heavy (non-hydrogen) atoms. The number of unbranched alkanes of at least 4 members (excludes halogenated alkanes) is 6. The molecule has 2 rings (SSSR count). The summed E-state index contributed by atoms with van der Waals surface area (Å²) in [5, 5.41) is 20.1. The highest BCUT2D eigenvalue weighted by Crippen LogP contribution is 2.44. The third kappa shape index (κ3) is 7.16. The van der Waals surface area contributed by atoms with Crippen LogP contribution in [-0.4, -0.2) is 10.2 Å². The third-order valence-corrected chi connectivity index (χ3v) is 6.85. The van der Waals surface area contributed by atoms with Crippen molar-refractivity contribution in [2.75, 3.05) is 0 Å². The Morgan fingerprint density at radius 3 is 2.00 bits per heavy atom. The third-order valence-electron chi connectivity index (χ3n) is 4.43. The van der Waals surface area contributed by atoms with E-state index in [0.717, 1.165) is 21.8 Å². The van der Waals surface area contributed by atoms with Crippen molar-refractivity contribution in [1.82, 2.24) is 0 Å². The van der Waals surface area contributed by atoms with Gasteiger partial charge in [0.05, 0.1) is 9.79 Å². The van der Waals surface area contributed by atoms with E-state index in [9.17, 15) is 10.2 Å². The minimum absolute atomic E-state index is 0.284. The highest BCUT2D eigenvalue weighted by molar-refractivity contribution is 8.76. The SMILES string of the molecule is CCCCCCCCCc1ccc(O)c(SSc2cc(C)ccc2O)c1. The van der Waals surface area contributed by atoms with E-state index in [0.29, 0.717) is 5.75 Å². The molecule has 0 amide bonds. The van der Waals surface area contributed by atoms with E-state index in [1.54, 1.807) is 12.1 Å². The number of benzene rings is 2. The maximum atomic E-state index is 10.1. The van der Waals surface area contributed by atoms with Gasteiger partial charge in [-0.05, 0) is 76.7 Å². The predicted molar refractivity (Wildman–Crippen MR) is 114 cm³/mol. The molecule has 2 aromatic rings. The first-order valence-corrected chi connectivity index (χ1v) is 11.7. The predicted octanol–water partition coefficient (Wildman–Crippen LogP) is 7.50. The van der Waals surface area contributed by atoms with Gasteiger partial charge in [0.2, 0.25) is 0 Å². The molecule has 0 atom stereocenters. The molecule has 4 heteroatoms. The normalized spacial score (nSPS) is 11.0. The van der Waals surface area contributed by atoms with Gasteiger partial charge in [-0.1, -0.05) is 57.6 Å². The molecule has 0 saturated heterocycles. The molecule has 0 spiro atoms. The highest BCUT2D eigenvalue weighted by atomic mass is 33.1. The first-order valence-electron chi connectivity index (χ1n) is 9.56. The zero-order chi connectivity index (χ0) is 18.8. The van der Waals surface area contributed by atoms with E-state index in [-0.39, 0.29) is 5.75 Å². The molecule has 0 fully saturated rings. The van der Waals surface area contributed by atoms with Crippen molar-refractivity contribution in [2.24, 2.45) is 0 Å². The summed E-state index contributed by atoms with van der Waals surface area (Å²) < 4.78 is 0. The lowest BCUT2D eigenvalue weighted by atomic mass is 10.0. The van der Waals surface area contributed by atoms with Crippen LogP contribution in [0.25, 0.3) is 0 Å². The highest BCUT2D eigenvalue weighted by Gasteiger charge is 2.08. The lowest BCUT2D eigenvalue weighted by Gasteiger charge is -2.09. The van der Waals surface area contributed by atoms with Crippen LogP contribution in [0.1, 0.15) is 63.0 Å². The Morgan fingerprint density at radius 1 is 0.731 bits per heavy atom. The van der Waals surface area contributed by atoms with E-state index in [2.05, 4.69) is 13.0 Å². The quantitative estimate of drug-likeness (QED) is 0.308. The number of aryl methyl sites for hydroxylation is 2. The summed E-state index contributed by atoms with van der Waals surface area (Å²) >= 11 is 0. The van der Waals surface area contributed by atoms with Crippen molar-refractivity contribution in [3.05, 3.63) is 47.5 Å². The van der Waals surface area contributed by atoms with Gasteiger partial charge in [-0.15, -0.1) is 0 Å². The number of aromatic hydroxyl groups is 2. The molecular formula is C22H30O2S2. The van der Waals surface area contributed by atoms with E-state index >= 15 is 0 Å². The van der Waals surface area contributed by atoms with Gasteiger partial charge in [0, 0.05) is 0 Å². The second-order valence-electron chi connectivity index (χ2n) is 6.81. The first-order chi connectivity index (χ1) is 12.6. The molecule has 2 aromatic carbocycles. The van der Waals surface area contributed by atoms with Crippen molar-refractivity contribution in [1.29, 1.82) is 0 Å². The van der Waals surface area contributed by atoms with Crippen LogP contribution in [0.2, 0.25) is 0 Å². The van der Waals surface area contributed by atoms with Gasteiger partial charge >= 0.3 is 0 Å². The molecule has 0 aliphatic rings. The van der Waals surface area contributed by atoms with Crippen LogP contribution in [0.15, 0.2) is 46.2 Å². The zero-order valence-corrected chi connectivity index (χ0v) is 17.5. The Morgan fingerprint density at radius 2 is 1.31 bits per heavy atom. The van der Waals surface area contributed by atoms with Gasteiger partial charge in [-0.3, -0.25) is 0 Å². The fraction of sp³-hybridized carbons (Fsp3) is 0.455. The zero-order valence-electron chi connectivity index (χ0n) is 15.8. The molecule has 0 heterocycles. The molecule has 142 valence electrons. The Hall–Kier alpha value is -1.26. The summed E-state index contributed by atoms with van der Waals surface area (Å²) in [5.41, 5.74) is 2.38. The second kappa shape index (κ2) is 11.5. The van der Waals surface area contributed by atoms with Gasteiger partial charge in [0.15, 0.2) is 0 Å². The summed E-state index contributed by atoms with van der Waals surface area (Å²) in [6, 6.07) is 11.5. The second-order valence-corrected chi connectivity index (χ2v) is 9.02. The van der Waals surface area contributed by atoms with Gasteiger partial charge in [0.1, 0.15) is 11.5 Å². The smallest absolute Gasteiger partial charge is 0.130 e. The first kappa shape index (κ1) is 21.0. The summed E-state index contributed by atoms with van der Waals surface area (Å²) in [5.74, 6) is 0.588. The fourth-order valence-corrected chi connectivity index (χ4v) is 5.10. The topological polar surface area (TPSA) is 40.5 Å². The number of rotatable bonds is 11. The van der Waals surface area contributed by atoms with Crippen molar-refractivity contribution < 1.29 is 10.2 Å². The van der Waals surface area contributed by atoms with Crippen LogP contribution < -0.4 is 0 Å². The molecule has 0 unspecified atom stereocenters. The Labute approximate surface area is 165 Å². The van der Waals surface area contributed by atoms with Crippen molar-refractivity contribution in [3.8, 4) is 11.5 Å². The van der Waals surface area contributed by atoms with E-state index in [1.165, 1.54) is 72.1 Å².